The van der Waals surface area contributed by atoms with Crippen LogP contribution in [0.1, 0.15) is 50.7 Å². The number of imidazole rings is 1. The first-order valence-electron chi connectivity index (χ1n) is 12.9. The summed E-state index contributed by atoms with van der Waals surface area (Å²) in [6.07, 6.45) is 3.85. The van der Waals surface area contributed by atoms with E-state index in [0.29, 0.717) is 0 Å². The quantitative estimate of drug-likeness (QED) is 0.238. The van der Waals surface area contributed by atoms with Crippen LogP contribution in [-0.4, -0.2) is 14.1 Å². The molecule has 184 valence electrons. The van der Waals surface area contributed by atoms with E-state index in [0.717, 1.165) is 22.8 Å². The highest BCUT2D eigenvalue weighted by Crippen LogP contribution is 2.39. The molecular weight excluding hydrogens is 457 g/mol. The Morgan fingerprint density at radius 1 is 0.703 bits per heavy atom. The lowest BCUT2D eigenvalue weighted by atomic mass is 9.91. The molecule has 0 saturated carbocycles. The first kappa shape index (κ1) is 23.2. The van der Waals surface area contributed by atoms with E-state index in [1.807, 2.05) is 12.4 Å². The lowest BCUT2D eigenvalue weighted by Crippen LogP contribution is -2.10. The van der Waals surface area contributed by atoms with Crippen LogP contribution in [0.15, 0.2) is 97.3 Å². The van der Waals surface area contributed by atoms with Gasteiger partial charge in [-0.25, -0.2) is 9.37 Å². The van der Waals surface area contributed by atoms with E-state index in [4.69, 9.17) is 0 Å². The van der Waals surface area contributed by atoms with Crippen molar-refractivity contribution < 1.29 is 4.39 Å². The molecule has 2 heterocycles. The third kappa shape index (κ3) is 3.84. The standard InChI is InChI=1S/C33H30FN3/c1-21(2)28-19-25(37-30-11-7-5-9-26(30)27-10-6-8-12-31(27)37)20-29(22(3)4)32(28)36-18-17-35-33(36)23-13-15-24(34)16-14-23/h5-22H,1-4H3. The van der Waals surface area contributed by atoms with E-state index >= 15 is 0 Å². The molecule has 0 amide bonds. The number of para-hydroxylation sites is 2. The minimum absolute atomic E-state index is 0.247. The Hall–Kier alpha value is -4.18. The molecule has 0 atom stereocenters. The second-order valence-electron chi connectivity index (χ2n) is 10.3. The molecule has 3 nitrogen and oxygen atoms in total. The normalized spacial score (nSPS) is 11.9. The van der Waals surface area contributed by atoms with Crippen LogP contribution in [0.4, 0.5) is 4.39 Å². The van der Waals surface area contributed by atoms with Gasteiger partial charge in [-0.05, 0) is 71.5 Å². The molecule has 6 rings (SSSR count). The number of hydrogen-bond donors (Lipinski definition) is 0. The summed E-state index contributed by atoms with van der Waals surface area (Å²) in [6.45, 7) is 8.97. The maximum absolute atomic E-state index is 13.7. The van der Waals surface area contributed by atoms with Gasteiger partial charge in [0.2, 0.25) is 0 Å². The van der Waals surface area contributed by atoms with Crippen molar-refractivity contribution in [3.05, 3.63) is 114 Å². The van der Waals surface area contributed by atoms with Gasteiger partial charge < -0.3 is 4.57 Å². The highest BCUT2D eigenvalue weighted by Gasteiger charge is 2.22. The predicted molar refractivity (Wildman–Crippen MR) is 151 cm³/mol. The Balaban J connectivity index is 1.65. The number of nitrogens with zero attached hydrogens (tertiary/aromatic N) is 3. The zero-order valence-electron chi connectivity index (χ0n) is 21.6. The van der Waals surface area contributed by atoms with Crippen LogP contribution >= 0.6 is 0 Å². The van der Waals surface area contributed by atoms with Crippen LogP contribution < -0.4 is 0 Å². The van der Waals surface area contributed by atoms with E-state index in [1.165, 1.54) is 45.1 Å². The van der Waals surface area contributed by atoms with Crippen molar-refractivity contribution in [3.8, 4) is 22.8 Å². The predicted octanol–water partition coefficient (Wildman–Crippen LogP) is 9.02. The molecular formula is C33H30FN3. The van der Waals surface area contributed by atoms with Crippen LogP contribution in [0, 0.1) is 5.82 Å². The van der Waals surface area contributed by atoms with Crippen molar-refractivity contribution in [1.29, 1.82) is 0 Å². The highest BCUT2D eigenvalue weighted by molar-refractivity contribution is 6.09. The van der Waals surface area contributed by atoms with E-state index in [9.17, 15) is 4.39 Å². The number of hydrogen-bond acceptors (Lipinski definition) is 1. The van der Waals surface area contributed by atoms with E-state index in [2.05, 4.69) is 102 Å². The summed E-state index contributed by atoms with van der Waals surface area (Å²) < 4.78 is 18.2. The van der Waals surface area contributed by atoms with E-state index in [-0.39, 0.29) is 17.7 Å². The Morgan fingerprint density at radius 2 is 1.24 bits per heavy atom. The van der Waals surface area contributed by atoms with Crippen LogP contribution in [-0.2, 0) is 0 Å². The largest absolute Gasteiger partial charge is 0.309 e. The third-order valence-electron chi connectivity index (χ3n) is 7.22. The number of aromatic nitrogens is 3. The van der Waals surface area contributed by atoms with Crippen LogP contribution in [0.5, 0.6) is 0 Å². The molecule has 0 aliphatic heterocycles. The number of fused-ring (bicyclic) bond motifs is 3. The first-order chi connectivity index (χ1) is 17.9. The number of halogens is 1. The van der Waals surface area contributed by atoms with Crippen molar-refractivity contribution in [2.75, 3.05) is 0 Å². The average molecular weight is 488 g/mol. The van der Waals surface area contributed by atoms with Crippen molar-refractivity contribution >= 4 is 21.8 Å². The van der Waals surface area contributed by atoms with Crippen molar-refractivity contribution in [1.82, 2.24) is 14.1 Å². The second-order valence-corrected chi connectivity index (χ2v) is 10.3. The summed E-state index contributed by atoms with van der Waals surface area (Å²) in [7, 11) is 0. The fraction of sp³-hybridized carbons (Fsp3) is 0.182. The molecule has 0 radical (unpaired) electrons. The monoisotopic (exact) mass is 487 g/mol. The maximum Gasteiger partial charge on any atom is 0.144 e. The van der Waals surface area contributed by atoms with Gasteiger partial charge in [-0.1, -0.05) is 64.1 Å². The SMILES string of the molecule is CC(C)c1cc(-n2c3ccccc3c3ccccc32)cc(C(C)C)c1-n1ccnc1-c1ccc(F)cc1. The summed E-state index contributed by atoms with van der Waals surface area (Å²) in [5.41, 5.74) is 8.13. The summed E-state index contributed by atoms with van der Waals surface area (Å²) >= 11 is 0. The molecule has 0 aliphatic carbocycles. The topological polar surface area (TPSA) is 22.8 Å². The van der Waals surface area contributed by atoms with Crippen molar-refractivity contribution in [2.45, 2.75) is 39.5 Å². The molecule has 0 unspecified atom stereocenters. The van der Waals surface area contributed by atoms with Gasteiger partial charge in [0.15, 0.2) is 0 Å². The van der Waals surface area contributed by atoms with Gasteiger partial charge in [0.1, 0.15) is 11.6 Å². The molecule has 4 heteroatoms. The number of rotatable bonds is 5. The van der Waals surface area contributed by atoms with Gasteiger partial charge in [-0.3, -0.25) is 4.57 Å². The fourth-order valence-corrected chi connectivity index (χ4v) is 5.45. The maximum atomic E-state index is 13.7. The second kappa shape index (κ2) is 9.04. The average Bonchev–Trinajstić information content (AvgIpc) is 3.51. The minimum Gasteiger partial charge on any atom is -0.309 e. The molecule has 37 heavy (non-hydrogen) atoms. The highest BCUT2D eigenvalue weighted by atomic mass is 19.1. The van der Waals surface area contributed by atoms with Crippen LogP contribution in [0.25, 0.3) is 44.6 Å². The lowest BCUT2D eigenvalue weighted by molar-refractivity contribution is 0.628. The summed E-state index contributed by atoms with van der Waals surface area (Å²) in [4.78, 5) is 4.68. The fourth-order valence-electron chi connectivity index (χ4n) is 5.45. The molecule has 0 spiro atoms. The molecule has 0 saturated heterocycles. The Kier molecular flexibility index (Phi) is 5.68. The Labute approximate surface area is 216 Å². The Morgan fingerprint density at radius 3 is 1.78 bits per heavy atom. The molecule has 0 fully saturated rings. The van der Waals surface area contributed by atoms with Gasteiger partial charge in [0.25, 0.3) is 0 Å². The molecule has 4 aromatic carbocycles. The Bertz CT molecular complexity index is 1650. The third-order valence-corrected chi connectivity index (χ3v) is 7.22. The van der Waals surface area contributed by atoms with Crippen molar-refractivity contribution in [3.63, 3.8) is 0 Å². The zero-order chi connectivity index (χ0) is 25.7. The lowest BCUT2D eigenvalue weighted by Gasteiger charge is -2.24. The van der Waals surface area contributed by atoms with Crippen LogP contribution in [0.2, 0.25) is 0 Å². The van der Waals surface area contributed by atoms with Crippen molar-refractivity contribution in [2.24, 2.45) is 0 Å². The number of benzene rings is 4. The molecule has 2 aromatic heterocycles. The molecule has 0 bridgehead atoms. The van der Waals surface area contributed by atoms with Gasteiger partial charge in [0, 0.05) is 34.4 Å². The minimum atomic E-state index is -0.247. The van der Waals surface area contributed by atoms with E-state index in [1.54, 1.807) is 12.1 Å². The summed E-state index contributed by atoms with van der Waals surface area (Å²) in [6, 6.07) is 28.5. The molecule has 0 N–H and O–H groups in total. The summed E-state index contributed by atoms with van der Waals surface area (Å²) in [5.74, 6) is 1.13. The van der Waals surface area contributed by atoms with E-state index < -0.39 is 0 Å². The summed E-state index contributed by atoms with van der Waals surface area (Å²) in [5, 5.41) is 2.51. The van der Waals surface area contributed by atoms with Gasteiger partial charge >= 0.3 is 0 Å². The van der Waals surface area contributed by atoms with Crippen LogP contribution in [0.3, 0.4) is 0 Å². The van der Waals surface area contributed by atoms with Gasteiger partial charge in [-0.15, -0.1) is 0 Å². The molecule has 0 aliphatic rings. The molecule has 6 aromatic rings. The van der Waals surface area contributed by atoms with Gasteiger partial charge in [0.05, 0.1) is 16.7 Å². The smallest absolute Gasteiger partial charge is 0.144 e. The first-order valence-corrected chi connectivity index (χ1v) is 12.9. The zero-order valence-corrected chi connectivity index (χ0v) is 21.6. The van der Waals surface area contributed by atoms with Gasteiger partial charge in [-0.2, -0.15) is 0 Å².